The smallest absolute Gasteiger partial charge is 0.320 e. The SMILES string of the molecule is CC(N)C(=O)O.CC(N)C(=O)O.N.N.NC(Cc1ccc(O)c(O)c1)C(=O)O.NC(Cc1ccc(O)cc1)C(=O)O.O.O.Oc1ccccc1.Oc1ccccc1O. The number of aliphatic carboxylic acids is 4. The molecule has 0 aliphatic heterocycles. The van der Waals surface area contributed by atoms with Crippen molar-refractivity contribution >= 4 is 23.9 Å². The van der Waals surface area contributed by atoms with Crippen LogP contribution in [-0.2, 0) is 32.0 Å². The van der Waals surface area contributed by atoms with Crippen LogP contribution in [0.25, 0.3) is 0 Å². The number of para-hydroxylation sites is 3. The van der Waals surface area contributed by atoms with Gasteiger partial charge in [-0.2, -0.15) is 0 Å². The summed E-state index contributed by atoms with van der Waals surface area (Å²) in [6, 6.07) is 21.9. The van der Waals surface area contributed by atoms with Crippen molar-refractivity contribution < 1.29 is 81.2 Å². The summed E-state index contributed by atoms with van der Waals surface area (Å²) in [4.78, 5) is 40.0. The maximum atomic E-state index is 10.4. The lowest BCUT2D eigenvalue weighted by Crippen LogP contribution is -2.32. The molecule has 0 saturated carbocycles. The number of phenols is 6. The molecular formula is C36H58N6O16. The summed E-state index contributed by atoms with van der Waals surface area (Å²) in [6.45, 7) is 2.84. The topological polar surface area (TPSA) is 508 Å². The first-order valence-electron chi connectivity index (χ1n) is 15.5. The van der Waals surface area contributed by atoms with E-state index in [1.165, 1.54) is 56.3 Å². The number of hydrogen-bond acceptors (Lipinski definition) is 16. The molecule has 0 aromatic heterocycles. The Balaban J connectivity index is -0.000000143. The Morgan fingerprint density at radius 1 is 0.448 bits per heavy atom. The Hall–Kier alpha value is -6.76. The number of carboxylic acids is 4. The molecule has 4 atom stereocenters. The zero-order chi connectivity index (χ0) is 42.0. The van der Waals surface area contributed by atoms with E-state index in [2.05, 4.69) is 0 Å². The predicted octanol–water partition coefficient (Wildman–Crippen LogP) is 0.400. The first-order valence-corrected chi connectivity index (χ1v) is 15.5. The summed E-state index contributed by atoms with van der Waals surface area (Å²) >= 11 is 0. The van der Waals surface area contributed by atoms with Gasteiger partial charge in [-0.3, -0.25) is 19.2 Å². The Kier molecular flexibility index (Phi) is 37.8. The normalized spacial score (nSPS) is 10.9. The second-order valence-corrected chi connectivity index (χ2v) is 10.9. The molecular weight excluding hydrogens is 772 g/mol. The number of carbonyl (C=O) groups is 4. The van der Waals surface area contributed by atoms with E-state index in [1.54, 1.807) is 48.5 Å². The van der Waals surface area contributed by atoms with Crippen molar-refractivity contribution in [2.75, 3.05) is 0 Å². The molecule has 4 aromatic carbocycles. The minimum atomic E-state index is -1.10. The number of aromatic hydroxyl groups is 6. The molecule has 0 bridgehead atoms. The molecule has 0 aliphatic carbocycles. The van der Waals surface area contributed by atoms with Crippen LogP contribution in [0.4, 0.5) is 0 Å². The van der Waals surface area contributed by atoms with Crippen molar-refractivity contribution in [1.29, 1.82) is 0 Å². The monoisotopic (exact) mass is 830 g/mol. The second kappa shape index (κ2) is 34.7. The highest BCUT2D eigenvalue weighted by atomic mass is 16.4. The molecule has 0 fully saturated rings. The van der Waals surface area contributed by atoms with E-state index in [0.717, 1.165) is 5.56 Å². The van der Waals surface area contributed by atoms with Crippen LogP contribution in [0.1, 0.15) is 25.0 Å². The summed E-state index contributed by atoms with van der Waals surface area (Å²) in [7, 11) is 0. The zero-order valence-corrected chi connectivity index (χ0v) is 31.8. The van der Waals surface area contributed by atoms with E-state index in [-0.39, 0.29) is 64.8 Å². The molecule has 4 unspecified atom stereocenters. The van der Waals surface area contributed by atoms with Crippen LogP contribution in [0.3, 0.4) is 0 Å². The summed E-state index contributed by atoms with van der Waals surface area (Å²) in [5, 5.41) is 85.8. The third-order valence-electron chi connectivity index (χ3n) is 5.94. The van der Waals surface area contributed by atoms with Gasteiger partial charge in [-0.1, -0.05) is 48.5 Å². The van der Waals surface area contributed by atoms with Gasteiger partial charge in [0.25, 0.3) is 0 Å². The number of benzene rings is 4. The lowest BCUT2D eigenvalue weighted by Gasteiger charge is -2.06. The van der Waals surface area contributed by atoms with Crippen molar-refractivity contribution in [2.45, 2.75) is 50.9 Å². The van der Waals surface area contributed by atoms with Gasteiger partial charge < -0.3 is 97.3 Å². The zero-order valence-electron chi connectivity index (χ0n) is 31.8. The molecule has 22 heteroatoms. The number of rotatable bonds is 8. The van der Waals surface area contributed by atoms with E-state index in [4.69, 9.17) is 74.0 Å². The first kappa shape index (κ1) is 63.2. The maximum Gasteiger partial charge on any atom is 0.320 e. The number of phenolic OH excluding ortho intramolecular Hbond substituents is 6. The van der Waals surface area contributed by atoms with Crippen LogP contribution in [0, 0.1) is 0 Å². The van der Waals surface area contributed by atoms with Crippen LogP contribution in [0.15, 0.2) is 97.1 Å². The molecule has 4 rings (SSSR count). The maximum absolute atomic E-state index is 10.4. The van der Waals surface area contributed by atoms with Crippen LogP contribution in [0.5, 0.6) is 34.5 Å². The van der Waals surface area contributed by atoms with E-state index < -0.39 is 48.0 Å². The standard InChI is InChI=1S/C9H11NO4.C9H11NO3.C6H6O2.C6H6O.2C3H7NO2.2H3N.2H2O/c10-6(9(13)14)3-5-1-2-7(11)8(12)4-5;10-8(9(12)13)5-6-1-3-7(11)4-2-6;7-5-3-1-2-4-6(5)8;7-6-4-2-1-3-5-6;2*1-2(4)3(5)6;;;;/h1-2,4,6,11-12H,3,10H2,(H,13,14);1-4,8,11H,5,10H2,(H,12,13);1-4,7-8H;1-5,7H;2*2H,4H2,1H3,(H,5,6);2*1H3;2*1H2. The third kappa shape index (κ3) is 32.7. The molecule has 0 saturated heterocycles. The van der Waals surface area contributed by atoms with E-state index in [0.29, 0.717) is 11.3 Å². The number of hydrogen-bond donors (Lipinski definition) is 16. The molecule has 0 heterocycles. The van der Waals surface area contributed by atoms with Gasteiger partial charge in [0.2, 0.25) is 0 Å². The average Bonchev–Trinajstić information content (AvgIpc) is 3.10. The van der Waals surface area contributed by atoms with Gasteiger partial charge in [-0.15, -0.1) is 0 Å². The van der Waals surface area contributed by atoms with Gasteiger partial charge in [-0.25, -0.2) is 0 Å². The van der Waals surface area contributed by atoms with Crippen molar-refractivity contribution in [3.63, 3.8) is 0 Å². The van der Waals surface area contributed by atoms with E-state index >= 15 is 0 Å². The minimum absolute atomic E-state index is 0. The van der Waals surface area contributed by atoms with E-state index in [9.17, 15) is 19.2 Å². The molecule has 0 spiro atoms. The summed E-state index contributed by atoms with van der Waals surface area (Å²) in [5.41, 5.74) is 21.7. The summed E-state index contributed by atoms with van der Waals surface area (Å²) in [5.74, 6) is -4.23. The fourth-order valence-corrected chi connectivity index (χ4v) is 2.90. The van der Waals surface area contributed by atoms with Crippen molar-refractivity contribution in [3.8, 4) is 34.5 Å². The highest BCUT2D eigenvalue weighted by molar-refractivity contribution is 5.74. The summed E-state index contributed by atoms with van der Waals surface area (Å²) < 4.78 is 0. The van der Waals surface area contributed by atoms with Crippen molar-refractivity contribution in [2.24, 2.45) is 22.9 Å². The second-order valence-electron chi connectivity index (χ2n) is 10.9. The Morgan fingerprint density at radius 2 is 0.741 bits per heavy atom. The van der Waals surface area contributed by atoms with Crippen molar-refractivity contribution in [3.05, 3.63) is 108 Å². The van der Waals surface area contributed by atoms with Crippen LogP contribution in [0.2, 0.25) is 0 Å². The van der Waals surface area contributed by atoms with Gasteiger partial charge >= 0.3 is 23.9 Å². The lowest BCUT2D eigenvalue weighted by atomic mass is 10.1. The molecule has 22 nitrogen and oxygen atoms in total. The number of carboxylic acid groups (broad SMARTS) is 4. The van der Waals surface area contributed by atoms with Gasteiger partial charge in [0.1, 0.15) is 35.7 Å². The van der Waals surface area contributed by atoms with Crippen molar-refractivity contribution in [1.82, 2.24) is 12.3 Å². The third-order valence-corrected chi connectivity index (χ3v) is 5.94. The van der Waals surface area contributed by atoms with Crippen LogP contribution >= 0.6 is 0 Å². The van der Waals surface area contributed by atoms with Gasteiger partial charge in [-0.05, 0) is 86.3 Å². The van der Waals surface area contributed by atoms with Gasteiger partial charge in [0.15, 0.2) is 23.0 Å². The summed E-state index contributed by atoms with van der Waals surface area (Å²) in [6.07, 6.45) is 0.388. The Bertz CT molecular complexity index is 1660. The Labute approximate surface area is 333 Å². The molecule has 328 valence electrons. The molecule has 4 aromatic rings. The first-order chi connectivity index (χ1) is 25.1. The number of nitrogens with two attached hydrogens (primary N) is 4. The highest BCUT2D eigenvalue weighted by Gasteiger charge is 2.13. The van der Waals surface area contributed by atoms with Crippen LogP contribution in [-0.4, -0.2) is 110 Å². The lowest BCUT2D eigenvalue weighted by molar-refractivity contribution is -0.139. The van der Waals surface area contributed by atoms with Gasteiger partial charge in [0.05, 0.1) is 0 Å². The molecule has 0 amide bonds. The molecule has 0 aliphatic rings. The highest BCUT2D eigenvalue weighted by Crippen LogP contribution is 2.25. The van der Waals surface area contributed by atoms with Gasteiger partial charge in [0, 0.05) is 0 Å². The average molecular weight is 831 g/mol. The quantitative estimate of drug-likeness (QED) is 0.107. The minimum Gasteiger partial charge on any atom is -0.508 e. The predicted molar refractivity (Wildman–Crippen MR) is 214 cm³/mol. The molecule has 0 radical (unpaired) electrons. The fraction of sp³-hybridized carbons (Fsp3) is 0.222. The fourth-order valence-electron chi connectivity index (χ4n) is 2.90. The largest absolute Gasteiger partial charge is 0.508 e. The molecule has 58 heavy (non-hydrogen) atoms. The van der Waals surface area contributed by atoms with Crippen LogP contribution < -0.4 is 35.2 Å². The van der Waals surface area contributed by atoms with E-state index in [1.807, 2.05) is 6.07 Å². The molecule has 28 N–H and O–H groups in total. The Morgan fingerprint density at radius 3 is 1.02 bits per heavy atom.